The van der Waals surface area contributed by atoms with E-state index < -0.39 is 11.8 Å². The van der Waals surface area contributed by atoms with Gasteiger partial charge >= 0.3 is 6.03 Å². The van der Waals surface area contributed by atoms with E-state index in [0.29, 0.717) is 40.8 Å². The summed E-state index contributed by atoms with van der Waals surface area (Å²) in [6.45, 7) is 0.414. The molecule has 1 aliphatic rings. The molecule has 4 rings (SSSR count). The summed E-state index contributed by atoms with van der Waals surface area (Å²) in [5.74, 6) is -0.650. The molecule has 3 aromatic rings. The number of pyridine rings is 1. The zero-order valence-corrected chi connectivity index (χ0v) is 14.2. The number of amides is 3. The molecule has 27 heavy (non-hydrogen) atoms. The van der Waals surface area contributed by atoms with E-state index in [4.69, 9.17) is 0 Å². The van der Waals surface area contributed by atoms with E-state index >= 15 is 0 Å². The summed E-state index contributed by atoms with van der Waals surface area (Å²) in [6.07, 6.45) is 5.19. The number of aromatic amines is 1. The molecule has 0 spiro atoms. The van der Waals surface area contributed by atoms with Crippen LogP contribution in [0.3, 0.4) is 0 Å². The quantitative estimate of drug-likeness (QED) is 0.562. The van der Waals surface area contributed by atoms with Gasteiger partial charge in [0.15, 0.2) is 0 Å². The molecule has 0 fully saturated rings. The van der Waals surface area contributed by atoms with Gasteiger partial charge in [-0.1, -0.05) is 0 Å². The number of halogens is 1. The molecule has 7 nitrogen and oxygen atoms in total. The summed E-state index contributed by atoms with van der Waals surface area (Å²) in [6, 6.07) is 7.22. The number of H-pyrrole nitrogens is 1. The topological polar surface area (TPSA) is 98.9 Å². The predicted octanol–water partition coefficient (Wildman–Crippen LogP) is 3.00. The first-order valence-electron chi connectivity index (χ1n) is 8.38. The third-order valence-corrected chi connectivity index (χ3v) is 4.30. The van der Waals surface area contributed by atoms with Crippen molar-refractivity contribution in [1.29, 1.82) is 0 Å². The van der Waals surface area contributed by atoms with Crippen LogP contribution in [0, 0.1) is 5.82 Å². The van der Waals surface area contributed by atoms with Gasteiger partial charge in [-0.05, 0) is 42.3 Å². The zero-order valence-electron chi connectivity index (χ0n) is 14.2. The second-order valence-corrected chi connectivity index (χ2v) is 6.07. The Morgan fingerprint density at radius 2 is 2.04 bits per heavy atom. The Morgan fingerprint density at radius 1 is 1.22 bits per heavy atom. The zero-order chi connectivity index (χ0) is 18.8. The van der Waals surface area contributed by atoms with Crippen LogP contribution in [-0.2, 0) is 0 Å². The van der Waals surface area contributed by atoms with Crippen LogP contribution >= 0.6 is 0 Å². The first-order valence-corrected chi connectivity index (χ1v) is 8.38. The molecule has 0 unspecified atom stereocenters. The number of nitrogens with one attached hydrogen (secondary N) is 4. The van der Waals surface area contributed by atoms with Crippen LogP contribution in [0.4, 0.5) is 14.9 Å². The normalized spacial score (nSPS) is 15.1. The van der Waals surface area contributed by atoms with Crippen LogP contribution < -0.4 is 16.0 Å². The van der Waals surface area contributed by atoms with Gasteiger partial charge in [0.2, 0.25) is 0 Å². The number of rotatable bonds is 2. The van der Waals surface area contributed by atoms with Crippen molar-refractivity contribution in [2.24, 2.45) is 0 Å². The molecule has 0 saturated carbocycles. The molecule has 0 radical (unpaired) electrons. The summed E-state index contributed by atoms with van der Waals surface area (Å²) in [5, 5.41) is 8.75. The van der Waals surface area contributed by atoms with E-state index in [-0.39, 0.29) is 5.91 Å². The standard InChI is InChI=1S/C19H16FN5O2/c20-12-1-2-15-14(9-12)16-11(3-8-22-18(26)17(16)25-15)10-23-19(27)24-13-4-6-21-7-5-13/h1-2,4-7,9-10,25H,3,8H2,(H,22,26)(H2,21,23,24,27). The van der Waals surface area contributed by atoms with Gasteiger partial charge in [0, 0.05) is 47.3 Å². The molecule has 0 bridgehead atoms. The number of aromatic nitrogens is 2. The van der Waals surface area contributed by atoms with Crippen molar-refractivity contribution in [3.05, 3.63) is 66.0 Å². The van der Waals surface area contributed by atoms with E-state index in [9.17, 15) is 14.0 Å². The van der Waals surface area contributed by atoms with Gasteiger partial charge in [-0.25, -0.2) is 9.18 Å². The summed E-state index contributed by atoms with van der Waals surface area (Å²) < 4.78 is 13.7. The molecule has 0 saturated heterocycles. The fourth-order valence-corrected chi connectivity index (χ4v) is 3.09. The number of carbonyl (C=O) groups excluding carboxylic acids is 2. The molecule has 1 aromatic carbocycles. The molecule has 2 aromatic heterocycles. The van der Waals surface area contributed by atoms with Gasteiger partial charge in [-0.3, -0.25) is 9.78 Å². The van der Waals surface area contributed by atoms with Crippen molar-refractivity contribution in [2.75, 3.05) is 11.9 Å². The minimum absolute atomic E-state index is 0.258. The van der Waals surface area contributed by atoms with Crippen molar-refractivity contribution in [3.63, 3.8) is 0 Å². The first-order chi connectivity index (χ1) is 13.1. The van der Waals surface area contributed by atoms with Crippen LogP contribution in [0.25, 0.3) is 16.5 Å². The number of benzene rings is 1. The van der Waals surface area contributed by atoms with Gasteiger partial charge < -0.3 is 20.9 Å². The molecular formula is C19H16FN5O2. The Bertz CT molecular complexity index is 1060. The van der Waals surface area contributed by atoms with E-state index in [1.807, 2.05) is 0 Å². The SMILES string of the molecule is O=C(NC=C1CCNC(=O)c2[nH]c3ccc(F)cc3c21)Nc1ccncc1. The summed E-state index contributed by atoms with van der Waals surface area (Å²) in [7, 11) is 0. The third kappa shape index (κ3) is 3.37. The minimum atomic E-state index is -0.426. The molecule has 3 amide bonds. The highest BCUT2D eigenvalue weighted by Gasteiger charge is 2.24. The highest BCUT2D eigenvalue weighted by molar-refractivity contribution is 6.07. The highest BCUT2D eigenvalue weighted by Crippen LogP contribution is 2.32. The summed E-state index contributed by atoms with van der Waals surface area (Å²) in [5.41, 5.74) is 2.95. The van der Waals surface area contributed by atoms with Crippen LogP contribution in [0.1, 0.15) is 22.5 Å². The Balaban J connectivity index is 1.67. The number of hydrogen-bond donors (Lipinski definition) is 4. The monoisotopic (exact) mass is 365 g/mol. The molecule has 0 atom stereocenters. The molecule has 0 aliphatic carbocycles. The summed E-state index contributed by atoms with van der Waals surface area (Å²) >= 11 is 0. The van der Waals surface area contributed by atoms with Gasteiger partial charge in [-0.2, -0.15) is 0 Å². The van der Waals surface area contributed by atoms with Crippen LogP contribution in [0.5, 0.6) is 0 Å². The summed E-state index contributed by atoms with van der Waals surface area (Å²) in [4.78, 5) is 31.4. The van der Waals surface area contributed by atoms with Gasteiger partial charge in [-0.15, -0.1) is 0 Å². The van der Waals surface area contributed by atoms with Crippen molar-refractivity contribution in [1.82, 2.24) is 20.6 Å². The number of urea groups is 1. The number of hydrogen-bond acceptors (Lipinski definition) is 3. The Hall–Kier alpha value is -3.68. The average molecular weight is 365 g/mol. The minimum Gasteiger partial charge on any atom is -0.350 e. The van der Waals surface area contributed by atoms with E-state index in [2.05, 4.69) is 25.9 Å². The second kappa shape index (κ2) is 6.91. The van der Waals surface area contributed by atoms with Crippen LogP contribution in [0.15, 0.2) is 48.9 Å². The number of fused-ring (bicyclic) bond motifs is 3. The molecule has 3 heterocycles. The molecule has 8 heteroatoms. The smallest absolute Gasteiger partial charge is 0.323 e. The van der Waals surface area contributed by atoms with Gasteiger partial charge in [0.1, 0.15) is 11.5 Å². The van der Waals surface area contributed by atoms with Crippen molar-refractivity contribution in [2.45, 2.75) is 6.42 Å². The Kier molecular flexibility index (Phi) is 4.29. The lowest BCUT2D eigenvalue weighted by molar-refractivity contribution is 0.0952. The maximum atomic E-state index is 13.7. The lowest BCUT2D eigenvalue weighted by Gasteiger charge is -2.08. The second-order valence-electron chi connectivity index (χ2n) is 6.07. The molecule has 136 valence electrons. The van der Waals surface area contributed by atoms with E-state index in [0.717, 1.165) is 5.57 Å². The van der Waals surface area contributed by atoms with E-state index in [1.54, 1.807) is 36.8 Å². The fraction of sp³-hybridized carbons (Fsp3) is 0.105. The van der Waals surface area contributed by atoms with Gasteiger partial charge in [0.05, 0.1) is 0 Å². The van der Waals surface area contributed by atoms with Gasteiger partial charge in [0.25, 0.3) is 5.91 Å². The lowest BCUT2D eigenvalue weighted by atomic mass is 10.0. The predicted molar refractivity (Wildman–Crippen MR) is 99.6 cm³/mol. The van der Waals surface area contributed by atoms with Crippen molar-refractivity contribution in [3.8, 4) is 0 Å². The van der Waals surface area contributed by atoms with Crippen LogP contribution in [0.2, 0.25) is 0 Å². The third-order valence-electron chi connectivity index (χ3n) is 4.30. The Labute approximate surface area is 153 Å². The molecule has 4 N–H and O–H groups in total. The van der Waals surface area contributed by atoms with Crippen LogP contribution in [-0.4, -0.2) is 28.5 Å². The maximum Gasteiger partial charge on any atom is 0.323 e. The number of nitrogens with zero attached hydrogens (tertiary/aromatic N) is 1. The van der Waals surface area contributed by atoms with Crippen molar-refractivity contribution >= 4 is 34.1 Å². The number of carbonyl (C=O) groups is 2. The Morgan fingerprint density at radius 3 is 2.85 bits per heavy atom. The van der Waals surface area contributed by atoms with Crippen molar-refractivity contribution < 1.29 is 14.0 Å². The van der Waals surface area contributed by atoms with E-state index in [1.165, 1.54) is 12.1 Å². The average Bonchev–Trinajstić information content (AvgIpc) is 2.96. The molecule has 1 aliphatic heterocycles. The highest BCUT2D eigenvalue weighted by atomic mass is 19.1. The first kappa shape index (κ1) is 16.8. The largest absolute Gasteiger partial charge is 0.350 e. The lowest BCUT2D eigenvalue weighted by Crippen LogP contribution is -2.24. The number of anilines is 1. The molecular weight excluding hydrogens is 349 g/mol. The maximum absolute atomic E-state index is 13.7. The fourth-order valence-electron chi connectivity index (χ4n) is 3.09.